The number of aliphatic hydroxyl groups excluding tert-OH is 1. The molecule has 0 unspecified atom stereocenters. The molecule has 0 saturated heterocycles. The number of anilines is 1. The Labute approximate surface area is 90.5 Å². The number of rotatable bonds is 7. The van der Waals surface area contributed by atoms with E-state index in [0.717, 1.165) is 32.6 Å². The summed E-state index contributed by atoms with van der Waals surface area (Å²) in [4.78, 5) is 2.22. The van der Waals surface area contributed by atoms with E-state index in [1.807, 2.05) is 10.9 Å². The highest BCUT2D eigenvalue weighted by Crippen LogP contribution is 1.99. The quantitative estimate of drug-likeness (QED) is 0.676. The van der Waals surface area contributed by atoms with Gasteiger partial charge in [-0.3, -0.25) is 9.58 Å². The van der Waals surface area contributed by atoms with Gasteiger partial charge in [0.1, 0.15) is 0 Å². The van der Waals surface area contributed by atoms with Crippen molar-refractivity contribution in [3.05, 3.63) is 12.4 Å². The van der Waals surface area contributed by atoms with Crippen LogP contribution in [0.15, 0.2) is 12.4 Å². The molecule has 0 aliphatic carbocycles. The minimum absolute atomic E-state index is 0.210. The van der Waals surface area contributed by atoms with Crippen LogP contribution in [0.2, 0.25) is 0 Å². The molecule has 0 bridgehead atoms. The van der Waals surface area contributed by atoms with Crippen LogP contribution in [0.1, 0.15) is 13.3 Å². The van der Waals surface area contributed by atoms with Crippen LogP contribution in [0.4, 0.5) is 5.69 Å². The Morgan fingerprint density at radius 1 is 1.47 bits per heavy atom. The van der Waals surface area contributed by atoms with Crippen LogP contribution in [-0.2, 0) is 6.54 Å². The van der Waals surface area contributed by atoms with Crippen molar-refractivity contribution in [2.45, 2.75) is 19.9 Å². The number of hydrogen-bond acceptors (Lipinski definition) is 4. The van der Waals surface area contributed by atoms with Crippen molar-refractivity contribution in [1.29, 1.82) is 0 Å². The summed E-state index contributed by atoms with van der Waals surface area (Å²) in [6.45, 7) is 5.80. The fraction of sp³-hybridized carbons (Fsp3) is 0.700. The molecule has 15 heavy (non-hydrogen) atoms. The van der Waals surface area contributed by atoms with Crippen LogP contribution in [0.3, 0.4) is 0 Å². The zero-order valence-corrected chi connectivity index (χ0v) is 9.26. The Morgan fingerprint density at radius 2 is 2.27 bits per heavy atom. The standard InChI is InChI=1S/C10H20N4O/c1-2-3-13(6-7-15)4-5-14-9-10(11)8-12-14/h8-9,15H,2-7,11H2,1H3. The van der Waals surface area contributed by atoms with E-state index in [-0.39, 0.29) is 6.61 Å². The first kappa shape index (κ1) is 12.0. The maximum absolute atomic E-state index is 8.88. The van der Waals surface area contributed by atoms with E-state index in [2.05, 4.69) is 16.9 Å². The van der Waals surface area contributed by atoms with Gasteiger partial charge in [0, 0.05) is 19.3 Å². The van der Waals surface area contributed by atoms with Crippen LogP contribution < -0.4 is 5.73 Å². The van der Waals surface area contributed by atoms with Crippen LogP contribution in [0.25, 0.3) is 0 Å². The van der Waals surface area contributed by atoms with E-state index in [9.17, 15) is 0 Å². The van der Waals surface area contributed by atoms with Crippen molar-refractivity contribution in [1.82, 2.24) is 14.7 Å². The predicted molar refractivity (Wildman–Crippen MR) is 60.5 cm³/mol. The molecule has 0 fully saturated rings. The fourth-order valence-electron chi connectivity index (χ4n) is 1.54. The summed E-state index contributed by atoms with van der Waals surface area (Å²) < 4.78 is 1.83. The first-order chi connectivity index (χ1) is 7.26. The summed E-state index contributed by atoms with van der Waals surface area (Å²) in [5.41, 5.74) is 6.26. The lowest BCUT2D eigenvalue weighted by molar-refractivity contribution is 0.189. The van der Waals surface area contributed by atoms with Gasteiger partial charge in [-0.25, -0.2) is 0 Å². The second-order valence-corrected chi connectivity index (χ2v) is 3.60. The summed E-state index contributed by atoms with van der Waals surface area (Å²) in [7, 11) is 0. The lowest BCUT2D eigenvalue weighted by Gasteiger charge is -2.20. The maximum Gasteiger partial charge on any atom is 0.0719 e. The van der Waals surface area contributed by atoms with Gasteiger partial charge < -0.3 is 10.8 Å². The third kappa shape index (κ3) is 4.31. The molecule has 1 rings (SSSR count). The van der Waals surface area contributed by atoms with Gasteiger partial charge >= 0.3 is 0 Å². The van der Waals surface area contributed by atoms with Gasteiger partial charge in [0.25, 0.3) is 0 Å². The van der Waals surface area contributed by atoms with Crippen molar-refractivity contribution >= 4 is 5.69 Å². The van der Waals surface area contributed by atoms with Crippen molar-refractivity contribution in [2.75, 3.05) is 32.0 Å². The number of hydrogen-bond donors (Lipinski definition) is 2. The van der Waals surface area contributed by atoms with Gasteiger partial charge in [-0.1, -0.05) is 6.92 Å². The van der Waals surface area contributed by atoms with Gasteiger partial charge in [-0.2, -0.15) is 5.10 Å². The molecule has 5 nitrogen and oxygen atoms in total. The van der Waals surface area contributed by atoms with E-state index in [1.54, 1.807) is 6.20 Å². The average Bonchev–Trinajstić information content (AvgIpc) is 2.61. The molecule has 0 atom stereocenters. The third-order valence-electron chi connectivity index (χ3n) is 2.25. The van der Waals surface area contributed by atoms with Gasteiger partial charge in [0.2, 0.25) is 0 Å². The Balaban J connectivity index is 2.32. The smallest absolute Gasteiger partial charge is 0.0719 e. The lowest BCUT2D eigenvalue weighted by Crippen LogP contribution is -2.31. The Hall–Kier alpha value is -1.07. The Morgan fingerprint density at radius 3 is 2.80 bits per heavy atom. The highest BCUT2D eigenvalue weighted by atomic mass is 16.3. The highest BCUT2D eigenvalue weighted by molar-refractivity contribution is 5.30. The maximum atomic E-state index is 8.88. The minimum atomic E-state index is 0.210. The lowest BCUT2D eigenvalue weighted by atomic mass is 10.4. The molecule has 1 aromatic heterocycles. The number of nitrogen functional groups attached to an aromatic ring is 1. The summed E-state index contributed by atoms with van der Waals surface area (Å²) in [6.07, 6.45) is 4.57. The van der Waals surface area contributed by atoms with Crippen LogP contribution >= 0.6 is 0 Å². The summed E-state index contributed by atoms with van der Waals surface area (Å²) >= 11 is 0. The average molecular weight is 212 g/mol. The topological polar surface area (TPSA) is 67.3 Å². The van der Waals surface area contributed by atoms with E-state index < -0.39 is 0 Å². The van der Waals surface area contributed by atoms with Crippen LogP contribution in [0.5, 0.6) is 0 Å². The fourth-order valence-corrected chi connectivity index (χ4v) is 1.54. The number of aliphatic hydroxyl groups is 1. The van der Waals surface area contributed by atoms with Gasteiger partial charge in [0.05, 0.1) is 25.0 Å². The molecule has 0 amide bonds. The molecular formula is C10H20N4O. The molecule has 0 saturated carbocycles. The molecule has 0 radical (unpaired) electrons. The first-order valence-electron chi connectivity index (χ1n) is 5.37. The number of nitrogens with zero attached hydrogens (tertiary/aromatic N) is 3. The molecule has 1 heterocycles. The molecule has 1 aromatic rings. The normalized spacial score (nSPS) is 11.1. The summed E-state index contributed by atoms with van der Waals surface area (Å²) in [5.74, 6) is 0. The SMILES string of the molecule is CCCN(CCO)CCn1cc(N)cn1. The molecule has 3 N–H and O–H groups in total. The second-order valence-electron chi connectivity index (χ2n) is 3.60. The minimum Gasteiger partial charge on any atom is -0.396 e. The molecular weight excluding hydrogens is 192 g/mol. The van der Waals surface area contributed by atoms with Gasteiger partial charge in [-0.15, -0.1) is 0 Å². The molecule has 86 valence electrons. The molecule has 0 aliphatic heterocycles. The highest BCUT2D eigenvalue weighted by Gasteiger charge is 2.03. The van der Waals surface area contributed by atoms with E-state index in [0.29, 0.717) is 5.69 Å². The molecule has 0 aliphatic rings. The molecule has 0 spiro atoms. The Kier molecular flexibility index (Phi) is 5.14. The van der Waals surface area contributed by atoms with Gasteiger partial charge in [-0.05, 0) is 13.0 Å². The van der Waals surface area contributed by atoms with Gasteiger partial charge in [0.15, 0.2) is 0 Å². The van der Waals surface area contributed by atoms with Crippen molar-refractivity contribution in [2.24, 2.45) is 0 Å². The molecule has 0 aromatic carbocycles. The van der Waals surface area contributed by atoms with Crippen molar-refractivity contribution < 1.29 is 5.11 Å². The zero-order chi connectivity index (χ0) is 11.1. The monoisotopic (exact) mass is 212 g/mol. The second kappa shape index (κ2) is 6.42. The number of aromatic nitrogens is 2. The first-order valence-corrected chi connectivity index (χ1v) is 5.37. The third-order valence-corrected chi connectivity index (χ3v) is 2.25. The van der Waals surface area contributed by atoms with E-state index in [1.165, 1.54) is 0 Å². The molecule has 5 heteroatoms. The van der Waals surface area contributed by atoms with Crippen LogP contribution in [0, 0.1) is 0 Å². The van der Waals surface area contributed by atoms with E-state index in [4.69, 9.17) is 10.8 Å². The van der Waals surface area contributed by atoms with Crippen LogP contribution in [-0.4, -0.2) is 46.0 Å². The van der Waals surface area contributed by atoms with Crippen molar-refractivity contribution in [3.8, 4) is 0 Å². The van der Waals surface area contributed by atoms with E-state index >= 15 is 0 Å². The number of nitrogens with two attached hydrogens (primary N) is 1. The summed E-state index contributed by atoms with van der Waals surface area (Å²) in [6, 6.07) is 0. The Bertz CT molecular complexity index is 268. The van der Waals surface area contributed by atoms with Crippen molar-refractivity contribution in [3.63, 3.8) is 0 Å². The predicted octanol–water partition coefficient (Wildman–Crippen LogP) is 0.170. The largest absolute Gasteiger partial charge is 0.396 e. The zero-order valence-electron chi connectivity index (χ0n) is 9.26. The summed E-state index contributed by atoms with van der Waals surface area (Å²) in [5, 5.41) is 13.0.